The number of ether oxygens (including phenoxy) is 1. The first-order valence-electron chi connectivity index (χ1n) is 13.1. The highest BCUT2D eigenvalue weighted by molar-refractivity contribution is 5.97. The van der Waals surface area contributed by atoms with Gasteiger partial charge in [-0.05, 0) is 92.0 Å². The zero-order valence-electron chi connectivity index (χ0n) is 22.4. The number of anilines is 1. The van der Waals surface area contributed by atoms with Gasteiger partial charge in [0.1, 0.15) is 6.04 Å². The Morgan fingerprint density at radius 2 is 1.53 bits per heavy atom. The van der Waals surface area contributed by atoms with Crippen LogP contribution >= 0.6 is 0 Å². The van der Waals surface area contributed by atoms with Crippen molar-refractivity contribution in [2.24, 2.45) is 11.8 Å². The molecule has 200 valence electrons. The molecule has 2 amide bonds. The minimum absolute atomic E-state index is 0.292. The van der Waals surface area contributed by atoms with E-state index in [0.29, 0.717) is 36.3 Å². The van der Waals surface area contributed by atoms with Crippen LogP contribution in [0.2, 0.25) is 0 Å². The Labute approximate surface area is 225 Å². The van der Waals surface area contributed by atoms with Crippen LogP contribution in [0.3, 0.4) is 0 Å². The van der Waals surface area contributed by atoms with Crippen molar-refractivity contribution in [1.29, 1.82) is 0 Å². The summed E-state index contributed by atoms with van der Waals surface area (Å²) in [6.07, 6.45) is 4.07. The van der Waals surface area contributed by atoms with Gasteiger partial charge in [0.05, 0.1) is 12.7 Å². The van der Waals surface area contributed by atoms with Crippen molar-refractivity contribution in [3.05, 3.63) is 65.2 Å². The molecule has 3 rings (SSSR count). The van der Waals surface area contributed by atoms with E-state index >= 15 is 0 Å². The Bertz CT molecular complexity index is 1180. The van der Waals surface area contributed by atoms with Crippen LogP contribution in [-0.2, 0) is 14.4 Å². The van der Waals surface area contributed by atoms with Gasteiger partial charge in [-0.1, -0.05) is 38.5 Å². The van der Waals surface area contributed by atoms with Crippen molar-refractivity contribution in [3.8, 4) is 23.7 Å². The Morgan fingerprint density at radius 1 is 0.947 bits per heavy atom. The molecule has 1 fully saturated rings. The van der Waals surface area contributed by atoms with Gasteiger partial charge in [-0.2, -0.15) is 0 Å². The van der Waals surface area contributed by atoms with E-state index in [1.807, 2.05) is 26.0 Å². The van der Waals surface area contributed by atoms with Crippen LogP contribution in [-0.4, -0.2) is 37.2 Å². The molecular weight excluding hydrogens is 478 g/mol. The SMILES string of the molecule is CC(C)COC(C)[C@H](NC(=O)c1ccc(C#CC#Cc2ccc(N)cc2)cc1)C(=O)NOCC1CCCC1. The fraction of sp³-hybridized carbons (Fsp3) is 0.419. The van der Waals surface area contributed by atoms with Gasteiger partial charge in [0.25, 0.3) is 11.8 Å². The molecule has 2 aromatic rings. The predicted molar refractivity (Wildman–Crippen MR) is 149 cm³/mol. The molecule has 7 heteroatoms. The fourth-order valence-electron chi connectivity index (χ4n) is 4.01. The van der Waals surface area contributed by atoms with E-state index in [9.17, 15) is 9.59 Å². The highest BCUT2D eigenvalue weighted by Gasteiger charge is 2.29. The van der Waals surface area contributed by atoms with Gasteiger partial charge in [-0.25, -0.2) is 5.48 Å². The first kappa shape index (κ1) is 28.8. The Hall–Kier alpha value is -3.78. The zero-order valence-corrected chi connectivity index (χ0v) is 22.4. The molecule has 1 aliphatic rings. The minimum Gasteiger partial charge on any atom is -0.399 e. The summed E-state index contributed by atoms with van der Waals surface area (Å²) < 4.78 is 5.85. The molecule has 0 saturated heterocycles. The van der Waals surface area contributed by atoms with Gasteiger partial charge < -0.3 is 15.8 Å². The van der Waals surface area contributed by atoms with Crippen LogP contribution in [0.15, 0.2) is 48.5 Å². The number of hydrogen-bond acceptors (Lipinski definition) is 5. The lowest BCUT2D eigenvalue weighted by Gasteiger charge is -2.25. The van der Waals surface area contributed by atoms with Crippen molar-refractivity contribution in [2.75, 3.05) is 18.9 Å². The lowest BCUT2D eigenvalue weighted by Crippen LogP contribution is -2.53. The van der Waals surface area contributed by atoms with E-state index in [1.54, 1.807) is 43.3 Å². The van der Waals surface area contributed by atoms with Gasteiger partial charge in [-0.15, -0.1) is 0 Å². The number of amides is 2. The number of hydrogen-bond donors (Lipinski definition) is 3. The molecule has 2 aromatic carbocycles. The summed E-state index contributed by atoms with van der Waals surface area (Å²) in [5, 5.41) is 2.81. The van der Waals surface area contributed by atoms with Crippen LogP contribution in [0.4, 0.5) is 5.69 Å². The topological polar surface area (TPSA) is 103 Å². The number of carbonyl (C=O) groups excluding carboxylic acids is 2. The number of nitrogens with two attached hydrogens (primary N) is 1. The van der Waals surface area contributed by atoms with Crippen LogP contribution in [0, 0.1) is 35.5 Å². The molecular formula is C31H37N3O4. The van der Waals surface area contributed by atoms with Crippen LogP contribution < -0.4 is 16.5 Å². The average molecular weight is 516 g/mol. The lowest BCUT2D eigenvalue weighted by atomic mass is 10.1. The van der Waals surface area contributed by atoms with Gasteiger partial charge in [0.2, 0.25) is 0 Å². The molecule has 1 unspecified atom stereocenters. The monoisotopic (exact) mass is 515 g/mol. The van der Waals surface area contributed by atoms with E-state index in [4.69, 9.17) is 15.3 Å². The fourth-order valence-corrected chi connectivity index (χ4v) is 4.01. The molecule has 0 radical (unpaired) electrons. The number of nitrogens with one attached hydrogen (secondary N) is 2. The standard InChI is InChI=1S/C31H37N3O4/c1-22(2)20-37-23(3)29(31(36)34-38-21-26-10-6-7-11-26)33-30(35)27-16-12-24(13-17-27)8-4-5-9-25-14-18-28(32)19-15-25/h12-19,22-23,26,29H,6-7,10-11,20-21,32H2,1-3H3,(H,33,35)(H,34,36)/t23?,29-/m0/s1. The van der Waals surface area contributed by atoms with Crippen molar-refractivity contribution >= 4 is 17.5 Å². The maximum Gasteiger partial charge on any atom is 0.268 e. The number of hydroxylamine groups is 1. The number of rotatable bonds is 10. The average Bonchev–Trinajstić information content (AvgIpc) is 3.43. The second-order valence-electron chi connectivity index (χ2n) is 10.0. The van der Waals surface area contributed by atoms with Crippen LogP contribution in [0.25, 0.3) is 0 Å². The molecule has 0 spiro atoms. The first-order chi connectivity index (χ1) is 18.3. The van der Waals surface area contributed by atoms with Crippen molar-refractivity contribution in [2.45, 2.75) is 58.6 Å². The third-order valence-corrected chi connectivity index (χ3v) is 6.23. The molecule has 7 nitrogen and oxygen atoms in total. The van der Waals surface area contributed by atoms with Crippen molar-refractivity contribution < 1.29 is 19.2 Å². The number of carbonyl (C=O) groups is 2. The van der Waals surface area contributed by atoms with Gasteiger partial charge in [0, 0.05) is 29.0 Å². The normalized spacial score (nSPS) is 14.5. The summed E-state index contributed by atoms with van der Waals surface area (Å²) in [7, 11) is 0. The molecule has 2 atom stereocenters. The zero-order chi connectivity index (χ0) is 27.3. The molecule has 38 heavy (non-hydrogen) atoms. The van der Waals surface area contributed by atoms with Crippen LogP contribution in [0.1, 0.15) is 67.9 Å². The Balaban J connectivity index is 1.60. The molecule has 1 aliphatic carbocycles. The molecule has 0 aliphatic heterocycles. The van der Waals surface area contributed by atoms with Crippen LogP contribution in [0.5, 0.6) is 0 Å². The lowest BCUT2D eigenvalue weighted by molar-refractivity contribution is -0.140. The second-order valence-corrected chi connectivity index (χ2v) is 10.0. The maximum atomic E-state index is 13.0. The Kier molecular flexibility index (Phi) is 11.2. The smallest absolute Gasteiger partial charge is 0.268 e. The maximum absolute atomic E-state index is 13.0. The molecule has 4 N–H and O–H groups in total. The number of nitrogen functional groups attached to an aromatic ring is 1. The van der Waals surface area contributed by atoms with Gasteiger partial charge in [0.15, 0.2) is 0 Å². The third-order valence-electron chi connectivity index (χ3n) is 6.23. The molecule has 0 aromatic heterocycles. The number of benzene rings is 2. The minimum atomic E-state index is -0.909. The summed E-state index contributed by atoms with van der Waals surface area (Å²) in [5.41, 5.74) is 10.8. The van der Waals surface area contributed by atoms with Crippen molar-refractivity contribution in [1.82, 2.24) is 10.8 Å². The second kappa shape index (κ2) is 14.8. The van der Waals surface area contributed by atoms with E-state index < -0.39 is 18.1 Å². The van der Waals surface area contributed by atoms with Gasteiger partial charge in [-0.3, -0.25) is 14.4 Å². The summed E-state index contributed by atoms with van der Waals surface area (Å²) in [5.74, 6) is 11.5. The quantitative estimate of drug-likeness (QED) is 0.252. The first-order valence-corrected chi connectivity index (χ1v) is 13.1. The summed E-state index contributed by atoms with van der Waals surface area (Å²) in [6.45, 7) is 6.77. The van der Waals surface area contributed by atoms with E-state index in [1.165, 1.54) is 12.8 Å². The third kappa shape index (κ3) is 9.59. The molecule has 0 bridgehead atoms. The summed E-state index contributed by atoms with van der Waals surface area (Å²) in [6, 6.07) is 13.1. The largest absolute Gasteiger partial charge is 0.399 e. The Morgan fingerprint density at radius 3 is 2.11 bits per heavy atom. The van der Waals surface area contributed by atoms with Gasteiger partial charge >= 0.3 is 0 Å². The highest BCUT2D eigenvalue weighted by atomic mass is 16.7. The summed E-state index contributed by atoms with van der Waals surface area (Å²) >= 11 is 0. The van der Waals surface area contributed by atoms with E-state index in [0.717, 1.165) is 24.0 Å². The van der Waals surface area contributed by atoms with E-state index in [-0.39, 0.29) is 5.91 Å². The molecule has 1 saturated carbocycles. The summed E-state index contributed by atoms with van der Waals surface area (Å²) in [4.78, 5) is 31.4. The van der Waals surface area contributed by atoms with Crippen molar-refractivity contribution in [3.63, 3.8) is 0 Å². The van der Waals surface area contributed by atoms with E-state index in [2.05, 4.69) is 34.5 Å². The highest BCUT2D eigenvalue weighted by Crippen LogP contribution is 2.24. The molecule has 0 heterocycles. The predicted octanol–water partition coefficient (Wildman–Crippen LogP) is 4.07.